The molecule has 0 amide bonds. The zero-order valence-corrected chi connectivity index (χ0v) is 18.0. The van der Waals surface area contributed by atoms with Crippen LogP contribution in [-0.2, 0) is 0 Å². The predicted molar refractivity (Wildman–Crippen MR) is 114 cm³/mol. The average molecular weight is 362 g/mol. The van der Waals surface area contributed by atoms with E-state index < -0.39 is 0 Å². The molecule has 134 valence electrons. The van der Waals surface area contributed by atoms with Crippen LogP contribution >= 0.6 is 15.8 Å². The van der Waals surface area contributed by atoms with Crippen molar-refractivity contribution in [2.24, 2.45) is 0 Å². The summed E-state index contributed by atoms with van der Waals surface area (Å²) in [6.07, 6.45) is 11.5. The molecule has 1 unspecified atom stereocenters. The lowest BCUT2D eigenvalue weighted by Gasteiger charge is -2.32. The van der Waals surface area contributed by atoms with Crippen LogP contribution in [0.15, 0.2) is 24.3 Å². The molecule has 0 radical (unpaired) electrons. The van der Waals surface area contributed by atoms with Gasteiger partial charge >= 0.3 is 0 Å². The standard InChI is InChI=1S/C22H36P2/c1-5-17-13-14-18(6-2)23(17)21-11-9-10-12-22(21)24-19(7-3)15-16-20(24)8-4/h9-12,17-20H,5-8,13-16H2,1-4H3/t17-,18-,19-,20+,24?/m0/s1. The minimum absolute atomic E-state index is 0.0639. The van der Waals surface area contributed by atoms with Gasteiger partial charge in [0.1, 0.15) is 0 Å². The van der Waals surface area contributed by atoms with Crippen molar-refractivity contribution in [2.75, 3.05) is 0 Å². The van der Waals surface area contributed by atoms with E-state index in [1.54, 1.807) is 0 Å². The molecule has 0 aromatic heterocycles. The van der Waals surface area contributed by atoms with Gasteiger partial charge in [-0.25, -0.2) is 0 Å². The molecule has 2 saturated heterocycles. The summed E-state index contributed by atoms with van der Waals surface area (Å²) in [5.41, 5.74) is 3.96. The second-order valence-corrected chi connectivity index (χ2v) is 13.2. The Morgan fingerprint density at radius 3 is 1.17 bits per heavy atom. The van der Waals surface area contributed by atoms with Gasteiger partial charge in [0.15, 0.2) is 0 Å². The molecule has 0 aliphatic carbocycles. The highest BCUT2D eigenvalue weighted by molar-refractivity contribution is 7.73. The Morgan fingerprint density at radius 2 is 0.917 bits per heavy atom. The fraction of sp³-hybridized carbons (Fsp3) is 0.727. The van der Waals surface area contributed by atoms with E-state index >= 15 is 0 Å². The Balaban J connectivity index is 2.01. The molecule has 0 N–H and O–H groups in total. The molecular weight excluding hydrogens is 326 g/mol. The second kappa shape index (κ2) is 8.64. The van der Waals surface area contributed by atoms with Crippen molar-refractivity contribution in [3.05, 3.63) is 24.3 Å². The van der Waals surface area contributed by atoms with Crippen LogP contribution in [0.5, 0.6) is 0 Å². The van der Waals surface area contributed by atoms with Crippen LogP contribution in [0.4, 0.5) is 0 Å². The van der Waals surface area contributed by atoms with Crippen molar-refractivity contribution in [3.63, 3.8) is 0 Å². The van der Waals surface area contributed by atoms with Crippen molar-refractivity contribution < 1.29 is 0 Å². The van der Waals surface area contributed by atoms with Crippen molar-refractivity contribution >= 4 is 26.5 Å². The second-order valence-electron chi connectivity index (χ2n) is 7.71. The van der Waals surface area contributed by atoms with Gasteiger partial charge < -0.3 is 0 Å². The lowest BCUT2D eigenvalue weighted by atomic mass is 10.1. The third-order valence-electron chi connectivity index (χ3n) is 6.56. The van der Waals surface area contributed by atoms with Crippen LogP contribution in [0.3, 0.4) is 0 Å². The van der Waals surface area contributed by atoms with E-state index in [1.165, 1.54) is 51.4 Å². The van der Waals surface area contributed by atoms with Gasteiger partial charge in [-0.3, -0.25) is 0 Å². The quantitative estimate of drug-likeness (QED) is 0.500. The maximum Gasteiger partial charge on any atom is -0.0158 e. The van der Waals surface area contributed by atoms with Crippen LogP contribution in [0.1, 0.15) is 79.1 Å². The minimum atomic E-state index is 0.0639. The van der Waals surface area contributed by atoms with Crippen molar-refractivity contribution in [1.29, 1.82) is 0 Å². The fourth-order valence-electron chi connectivity index (χ4n) is 5.21. The van der Waals surface area contributed by atoms with E-state index in [0.29, 0.717) is 0 Å². The summed E-state index contributed by atoms with van der Waals surface area (Å²) in [6.45, 7) is 9.74. The number of rotatable bonds is 6. The molecule has 2 heteroatoms. The highest BCUT2D eigenvalue weighted by Gasteiger charge is 2.40. The summed E-state index contributed by atoms with van der Waals surface area (Å²) >= 11 is 0. The first-order chi connectivity index (χ1) is 11.7. The van der Waals surface area contributed by atoms with E-state index in [0.717, 1.165) is 22.6 Å². The number of hydrogen-bond donors (Lipinski definition) is 0. The van der Waals surface area contributed by atoms with Gasteiger partial charge in [-0.1, -0.05) is 67.8 Å². The first-order valence-electron chi connectivity index (χ1n) is 10.4. The zero-order valence-electron chi connectivity index (χ0n) is 16.2. The topological polar surface area (TPSA) is 0 Å². The van der Waals surface area contributed by atoms with Gasteiger partial charge in [-0.2, -0.15) is 0 Å². The molecular formula is C22H36P2. The molecule has 1 aromatic rings. The van der Waals surface area contributed by atoms with Gasteiger partial charge in [-0.15, -0.1) is 0 Å². The highest BCUT2D eigenvalue weighted by Crippen LogP contribution is 2.61. The summed E-state index contributed by atoms with van der Waals surface area (Å²) in [4.78, 5) is 0. The smallest absolute Gasteiger partial charge is 0.0158 e. The van der Waals surface area contributed by atoms with Gasteiger partial charge in [0.05, 0.1) is 0 Å². The Kier molecular flexibility index (Phi) is 6.79. The van der Waals surface area contributed by atoms with E-state index in [1.807, 2.05) is 10.6 Å². The lowest BCUT2D eigenvalue weighted by molar-refractivity contribution is 0.696. The molecule has 24 heavy (non-hydrogen) atoms. The molecule has 1 aromatic carbocycles. The van der Waals surface area contributed by atoms with Crippen LogP contribution in [0, 0.1) is 0 Å². The van der Waals surface area contributed by atoms with Gasteiger partial charge in [0, 0.05) is 0 Å². The third kappa shape index (κ3) is 3.48. The molecule has 2 fully saturated rings. The number of hydrogen-bond acceptors (Lipinski definition) is 0. The third-order valence-corrected chi connectivity index (χ3v) is 14.3. The molecule has 0 spiro atoms. The molecule has 2 aliphatic rings. The largest absolute Gasteiger partial charge is 0.0683 e. The first kappa shape index (κ1) is 18.9. The number of benzene rings is 1. The van der Waals surface area contributed by atoms with E-state index in [9.17, 15) is 0 Å². The van der Waals surface area contributed by atoms with Crippen molar-refractivity contribution in [1.82, 2.24) is 0 Å². The molecule has 2 aliphatic heterocycles. The maximum absolute atomic E-state index is 2.55. The van der Waals surface area contributed by atoms with Gasteiger partial charge in [0.2, 0.25) is 0 Å². The molecule has 5 atom stereocenters. The van der Waals surface area contributed by atoms with Crippen molar-refractivity contribution in [2.45, 2.75) is 102 Å². The van der Waals surface area contributed by atoms with E-state index in [-0.39, 0.29) is 15.8 Å². The molecule has 0 saturated carbocycles. The summed E-state index contributed by atoms with van der Waals surface area (Å²) < 4.78 is 0. The summed E-state index contributed by atoms with van der Waals surface area (Å²) in [7, 11) is 0.128. The van der Waals surface area contributed by atoms with Crippen LogP contribution in [-0.4, -0.2) is 22.6 Å². The Bertz CT molecular complexity index is 455. The Labute approximate surface area is 152 Å². The van der Waals surface area contributed by atoms with Crippen molar-refractivity contribution in [3.8, 4) is 0 Å². The first-order valence-corrected chi connectivity index (χ1v) is 13.4. The normalized spacial score (nSPS) is 34.1. The summed E-state index contributed by atoms with van der Waals surface area (Å²) in [5.74, 6) is 0. The Morgan fingerprint density at radius 1 is 0.625 bits per heavy atom. The Hall–Kier alpha value is 0.0800. The van der Waals surface area contributed by atoms with Crippen LogP contribution < -0.4 is 10.6 Å². The molecule has 0 nitrogen and oxygen atoms in total. The van der Waals surface area contributed by atoms with Gasteiger partial charge in [0.25, 0.3) is 0 Å². The van der Waals surface area contributed by atoms with Crippen LogP contribution in [0.2, 0.25) is 0 Å². The van der Waals surface area contributed by atoms with Gasteiger partial charge in [-0.05, 0) is 84.6 Å². The monoisotopic (exact) mass is 362 g/mol. The SMILES string of the molecule is CC[C@@H]1CC[C@H](CC)P1c1ccccc1P1[C@@H](CC)CC[C@@H]1CC. The average Bonchev–Trinajstić information content (AvgIpc) is 3.24. The summed E-state index contributed by atoms with van der Waals surface area (Å²) in [6, 6.07) is 9.79. The molecule has 0 bridgehead atoms. The predicted octanol–water partition coefficient (Wildman–Crippen LogP) is 6.60. The highest BCUT2D eigenvalue weighted by atomic mass is 31.1. The summed E-state index contributed by atoms with van der Waals surface area (Å²) in [5, 5.41) is 3.68. The molecule has 2 heterocycles. The van der Waals surface area contributed by atoms with E-state index in [2.05, 4.69) is 52.0 Å². The van der Waals surface area contributed by atoms with E-state index in [4.69, 9.17) is 0 Å². The lowest BCUT2D eigenvalue weighted by Crippen LogP contribution is -2.30. The fourth-order valence-corrected chi connectivity index (χ4v) is 13.1. The minimum Gasteiger partial charge on any atom is -0.0683 e. The zero-order chi connectivity index (χ0) is 17.1. The maximum atomic E-state index is 2.55. The molecule has 3 rings (SSSR count). The van der Waals surface area contributed by atoms with Crippen LogP contribution in [0.25, 0.3) is 0 Å².